The van der Waals surface area contributed by atoms with Crippen molar-refractivity contribution >= 4 is 16.7 Å². The summed E-state index contributed by atoms with van der Waals surface area (Å²) < 4.78 is 0. The molecule has 1 fully saturated rings. The van der Waals surface area contributed by atoms with E-state index in [0.29, 0.717) is 6.42 Å². The van der Waals surface area contributed by atoms with Crippen molar-refractivity contribution in [1.82, 2.24) is 10.3 Å². The molecule has 0 amide bonds. The third kappa shape index (κ3) is 1.84. The maximum absolute atomic E-state index is 11.0. The van der Waals surface area contributed by atoms with Crippen molar-refractivity contribution in [3.05, 3.63) is 42.2 Å². The molecule has 2 heterocycles. The van der Waals surface area contributed by atoms with Crippen LogP contribution in [0.3, 0.4) is 0 Å². The van der Waals surface area contributed by atoms with Gasteiger partial charge in [-0.25, -0.2) is 0 Å². The summed E-state index contributed by atoms with van der Waals surface area (Å²) in [6.07, 6.45) is 5.15. The van der Waals surface area contributed by atoms with Crippen LogP contribution >= 0.6 is 0 Å². The van der Waals surface area contributed by atoms with E-state index in [1.54, 1.807) is 6.20 Å². The number of nitrogens with zero attached hydrogens (tertiary/aromatic N) is 1. The molecule has 2 atom stereocenters. The summed E-state index contributed by atoms with van der Waals surface area (Å²) in [7, 11) is 0. The highest BCUT2D eigenvalue weighted by atomic mass is 16.4. The second-order valence-corrected chi connectivity index (χ2v) is 4.63. The van der Waals surface area contributed by atoms with Gasteiger partial charge < -0.3 is 5.11 Å². The Balaban J connectivity index is 1.98. The van der Waals surface area contributed by atoms with Crippen LogP contribution in [0.5, 0.6) is 0 Å². The summed E-state index contributed by atoms with van der Waals surface area (Å²) in [4.78, 5) is 15.1. The lowest BCUT2D eigenvalue weighted by molar-refractivity contribution is -0.139. The molecule has 3 rings (SSSR count). The van der Waals surface area contributed by atoms with Gasteiger partial charge in [-0.3, -0.25) is 15.1 Å². The summed E-state index contributed by atoms with van der Waals surface area (Å²) in [5.41, 5.74) is 1.14. The summed E-state index contributed by atoms with van der Waals surface area (Å²) in [5, 5.41) is 14.4. The standard InChI is InChI=1S/C14H14N2O2/c17-14(18)13-5-4-12(16-13)10-3-1-2-9-6-7-15-8-11(9)10/h1-3,6-8,12-13,16H,4-5H2,(H,17,18). The van der Waals surface area contributed by atoms with E-state index in [1.165, 1.54) is 0 Å². The first-order valence-corrected chi connectivity index (χ1v) is 6.07. The van der Waals surface area contributed by atoms with Crippen LogP contribution in [0, 0.1) is 0 Å². The van der Waals surface area contributed by atoms with Crippen LogP contribution in [-0.2, 0) is 4.79 Å². The van der Waals surface area contributed by atoms with E-state index in [-0.39, 0.29) is 6.04 Å². The molecular formula is C14H14N2O2. The van der Waals surface area contributed by atoms with Gasteiger partial charge in [-0.15, -0.1) is 0 Å². The van der Waals surface area contributed by atoms with Gasteiger partial charge in [0, 0.05) is 23.8 Å². The normalized spacial score (nSPS) is 23.3. The first kappa shape index (κ1) is 11.2. The molecule has 2 unspecified atom stereocenters. The van der Waals surface area contributed by atoms with E-state index in [9.17, 15) is 4.79 Å². The van der Waals surface area contributed by atoms with Crippen molar-refractivity contribution < 1.29 is 9.90 Å². The molecule has 1 aliphatic rings. The lowest BCUT2D eigenvalue weighted by Crippen LogP contribution is -2.31. The summed E-state index contributed by atoms with van der Waals surface area (Å²) in [5.74, 6) is -0.768. The molecular weight excluding hydrogens is 228 g/mol. The quantitative estimate of drug-likeness (QED) is 0.846. The Morgan fingerprint density at radius 2 is 2.22 bits per heavy atom. The molecule has 2 N–H and O–H groups in total. The number of hydrogen-bond acceptors (Lipinski definition) is 3. The molecule has 1 saturated heterocycles. The van der Waals surface area contributed by atoms with Crippen molar-refractivity contribution in [1.29, 1.82) is 0 Å². The predicted octanol–water partition coefficient (Wildman–Crippen LogP) is 2.11. The molecule has 2 aromatic rings. The Bertz CT molecular complexity index is 592. The fourth-order valence-electron chi connectivity index (χ4n) is 2.62. The molecule has 4 nitrogen and oxygen atoms in total. The number of carboxylic acid groups (broad SMARTS) is 1. The van der Waals surface area contributed by atoms with Crippen LogP contribution in [0.1, 0.15) is 24.4 Å². The van der Waals surface area contributed by atoms with Crippen molar-refractivity contribution in [2.75, 3.05) is 0 Å². The van der Waals surface area contributed by atoms with Gasteiger partial charge in [0.05, 0.1) is 0 Å². The number of fused-ring (bicyclic) bond motifs is 1. The van der Waals surface area contributed by atoms with E-state index in [2.05, 4.69) is 10.3 Å². The summed E-state index contributed by atoms with van der Waals surface area (Å²) in [6.45, 7) is 0. The monoisotopic (exact) mass is 242 g/mol. The average molecular weight is 242 g/mol. The molecule has 0 radical (unpaired) electrons. The fraction of sp³-hybridized carbons (Fsp3) is 0.286. The lowest BCUT2D eigenvalue weighted by Gasteiger charge is -2.14. The van der Waals surface area contributed by atoms with Crippen LogP contribution < -0.4 is 5.32 Å². The van der Waals surface area contributed by atoms with Crippen molar-refractivity contribution in [3.63, 3.8) is 0 Å². The van der Waals surface area contributed by atoms with Crippen LogP contribution in [0.4, 0.5) is 0 Å². The minimum absolute atomic E-state index is 0.110. The van der Waals surface area contributed by atoms with Crippen LogP contribution in [0.25, 0.3) is 10.8 Å². The van der Waals surface area contributed by atoms with E-state index < -0.39 is 12.0 Å². The molecule has 18 heavy (non-hydrogen) atoms. The zero-order chi connectivity index (χ0) is 12.5. The van der Waals surface area contributed by atoms with E-state index >= 15 is 0 Å². The number of carboxylic acids is 1. The minimum atomic E-state index is -0.768. The van der Waals surface area contributed by atoms with Gasteiger partial charge >= 0.3 is 5.97 Å². The van der Waals surface area contributed by atoms with Crippen molar-refractivity contribution in [2.45, 2.75) is 24.9 Å². The lowest BCUT2D eigenvalue weighted by atomic mass is 9.99. The van der Waals surface area contributed by atoms with Gasteiger partial charge in [0.25, 0.3) is 0 Å². The highest BCUT2D eigenvalue weighted by Gasteiger charge is 2.30. The number of hydrogen-bond donors (Lipinski definition) is 2. The molecule has 1 aromatic carbocycles. The molecule has 4 heteroatoms. The van der Waals surface area contributed by atoms with E-state index in [1.807, 2.05) is 30.5 Å². The van der Waals surface area contributed by atoms with Crippen LogP contribution in [0.15, 0.2) is 36.7 Å². The second-order valence-electron chi connectivity index (χ2n) is 4.63. The SMILES string of the molecule is O=C(O)C1CCC(c2cccc3ccncc23)N1. The zero-order valence-electron chi connectivity index (χ0n) is 9.84. The zero-order valence-corrected chi connectivity index (χ0v) is 9.84. The third-order valence-electron chi connectivity index (χ3n) is 3.54. The molecule has 0 bridgehead atoms. The van der Waals surface area contributed by atoms with Gasteiger partial charge in [-0.2, -0.15) is 0 Å². The number of benzene rings is 1. The van der Waals surface area contributed by atoms with Crippen molar-refractivity contribution in [3.8, 4) is 0 Å². The van der Waals surface area contributed by atoms with Gasteiger partial charge in [0.1, 0.15) is 6.04 Å². The molecule has 0 spiro atoms. The van der Waals surface area contributed by atoms with Gasteiger partial charge in [0.15, 0.2) is 0 Å². The van der Waals surface area contributed by atoms with Crippen molar-refractivity contribution in [2.24, 2.45) is 0 Å². The van der Waals surface area contributed by atoms with Crippen LogP contribution in [-0.4, -0.2) is 22.1 Å². The highest BCUT2D eigenvalue weighted by molar-refractivity contribution is 5.85. The molecule has 0 aliphatic carbocycles. The number of carbonyl (C=O) groups is 1. The maximum Gasteiger partial charge on any atom is 0.320 e. The van der Waals surface area contributed by atoms with Crippen LogP contribution in [0.2, 0.25) is 0 Å². The Labute approximate surface area is 105 Å². The Hall–Kier alpha value is -1.94. The number of nitrogens with one attached hydrogen (secondary N) is 1. The average Bonchev–Trinajstić information content (AvgIpc) is 2.87. The van der Waals surface area contributed by atoms with E-state index in [4.69, 9.17) is 5.11 Å². The molecule has 92 valence electrons. The number of rotatable bonds is 2. The number of pyridine rings is 1. The van der Waals surface area contributed by atoms with Gasteiger partial charge in [-0.1, -0.05) is 18.2 Å². The fourth-order valence-corrected chi connectivity index (χ4v) is 2.62. The molecule has 0 saturated carbocycles. The smallest absolute Gasteiger partial charge is 0.320 e. The number of aliphatic carboxylic acids is 1. The van der Waals surface area contributed by atoms with Gasteiger partial charge in [0.2, 0.25) is 0 Å². The number of aromatic nitrogens is 1. The van der Waals surface area contributed by atoms with E-state index in [0.717, 1.165) is 22.8 Å². The highest BCUT2D eigenvalue weighted by Crippen LogP contribution is 2.31. The Morgan fingerprint density at radius 1 is 1.33 bits per heavy atom. The second kappa shape index (κ2) is 4.38. The molecule has 1 aliphatic heterocycles. The third-order valence-corrected chi connectivity index (χ3v) is 3.54. The largest absolute Gasteiger partial charge is 0.480 e. The molecule has 1 aromatic heterocycles. The Morgan fingerprint density at radius 3 is 3.00 bits per heavy atom. The minimum Gasteiger partial charge on any atom is -0.480 e. The maximum atomic E-state index is 11.0. The first-order chi connectivity index (χ1) is 8.75. The Kier molecular flexibility index (Phi) is 2.72. The summed E-state index contributed by atoms with van der Waals surface area (Å²) >= 11 is 0. The summed E-state index contributed by atoms with van der Waals surface area (Å²) in [6, 6.07) is 7.76. The van der Waals surface area contributed by atoms with Gasteiger partial charge in [-0.05, 0) is 29.9 Å². The predicted molar refractivity (Wildman–Crippen MR) is 68.3 cm³/mol. The first-order valence-electron chi connectivity index (χ1n) is 6.07. The topological polar surface area (TPSA) is 62.2 Å².